The van der Waals surface area contributed by atoms with Gasteiger partial charge < -0.3 is 4.52 Å². The Morgan fingerprint density at radius 2 is 1.87 bits per heavy atom. The summed E-state index contributed by atoms with van der Waals surface area (Å²) in [6.07, 6.45) is 5.59. The van der Waals surface area contributed by atoms with Gasteiger partial charge in [-0.1, -0.05) is 44.8 Å². The van der Waals surface area contributed by atoms with Gasteiger partial charge in [-0.05, 0) is 50.3 Å². The lowest BCUT2D eigenvalue weighted by atomic mass is 9.89. The van der Waals surface area contributed by atoms with E-state index in [0.717, 1.165) is 28.9 Å². The van der Waals surface area contributed by atoms with E-state index in [4.69, 9.17) is 4.52 Å². The molecule has 2 rings (SSSR count). The summed E-state index contributed by atoms with van der Waals surface area (Å²) in [5.41, 5.74) is 5.23. The van der Waals surface area contributed by atoms with Gasteiger partial charge in [0.05, 0.1) is 5.57 Å². The Kier molecular flexibility index (Phi) is 4.70. The van der Waals surface area contributed by atoms with Crippen LogP contribution in [0.4, 0.5) is 0 Å². The molecule has 0 spiro atoms. The van der Waals surface area contributed by atoms with Crippen LogP contribution in [0.15, 0.2) is 17.9 Å². The second kappa shape index (κ2) is 5.98. The van der Waals surface area contributed by atoms with Gasteiger partial charge in [-0.25, -0.2) is 0 Å². The van der Waals surface area contributed by atoms with Crippen LogP contribution >= 0.6 is 7.11 Å². The maximum absolute atomic E-state index is 12.8. The first-order chi connectivity index (χ1) is 10.5. The molecule has 0 saturated heterocycles. The van der Waals surface area contributed by atoms with Crippen LogP contribution in [0.2, 0.25) is 0 Å². The number of allylic oxidation sites excluding steroid dienone is 2. The van der Waals surface area contributed by atoms with E-state index in [1.807, 2.05) is 13.3 Å². The molecule has 1 aliphatic carbocycles. The molecular weight excluding hydrogens is 303 g/mol. The first kappa shape index (κ1) is 18.1. The zero-order valence-electron chi connectivity index (χ0n) is 15.5. The van der Waals surface area contributed by atoms with Gasteiger partial charge in [0, 0.05) is 18.9 Å². The SMILES string of the molecule is C=P(C)(C)OC1=C(c2c(C)cc(C)cc2CC)C(=O)CC1(C)C. The Morgan fingerprint density at radius 1 is 1.26 bits per heavy atom. The van der Waals surface area contributed by atoms with Crippen LogP contribution in [-0.2, 0) is 15.7 Å². The minimum absolute atomic E-state index is 0.195. The van der Waals surface area contributed by atoms with E-state index in [1.165, 1.54) is 11.1 Å². The third-order valence-electron chi connectivity index (χ3n) is 4.25. The number of rotatable bonds is 4. The van der Waals surface area contributed by atoms with Crippen molar-refractivity contribution in [3.8, 4) is 0 Å². The third kappa shape index (κ3) is 3.63. The van der Waals surface area contributed by atoms with Crippen LogP contribution in [0.3, 0.4) is 0 Å². The molecule has 0 heterocycles. The quantitative estimate of drug-likeness (QED) is 0.707. The van der Waals surface area contributed by atoms with E-state index < -0.39 is 7.11 Å². The highest BCUT2D eigenvalue weighted by Crippen LogP contribution is 2.53. The number of carbonyl (C=O) groups excluding carboxylic acids is 1. The molecule has 2 nitrogen and oxygen atoms in total. The molecule has 23 heavy (non-hydrogen) atoms. The van der Waals surface area contributed by atoms with E-state index in [0.29, 0.717) is 6.42 Å². The molecule has 0 aliphatic heterocycles. The fourth-order valence-electron chi connectivity index (χ4n) is 3.40. The van der Waals surface area contributed by atoms with Gasteiger partial charge in [0.2, 0.25) is 0 Å². The van der Waals surface area contributed by atoms with Crippen molar-refractivity contribution in [2.24, 2.45) is 5.41 Å². The normalized spacial score (nSPS) is 17.8. The lowest BCUT2D eigenvalue weighted by Gasteiger charge is -2.27. The van der Waals surface area contributed by atoms with Crippen molar-refractivity contribution in [1.29, 1.82) is 0 Å². The topological polar surface area (TPSA) is 26.3 Å². The van der Waals surface area contributed by atoms with E-state index in [2.05, 4.69) is 53.1 Å². The van der Waals surface area contributed by atoms with E-state index in [9.17, 15) is 4.79 Å². The number of aryl methyl sites for hydroxylation is 3. The number of benzene rings is 1. The fraction of sp³-hybridized carbons (Fsp3) is 0.500. The Bertz CT molecular complexity index is 732. The summed E-state index contributed by atoms with van der Waals surface area (Å²) in [5.74, 6) is 1.04. The maximum Gasteiger partial charge on any atom is 0.167 e. The van der Waals surface area contributed by atoms with Crippen molar-refractivity contribution in [3.63, 3.8) is 0 Å². The van der Waals surface area contributed by atoms with E-state index >= 15 is 0 Å². The van der Waals surface area contributed by atoms with Gasteiger partial charge in [-0.3, -0.25) is 4.79 Å². The summed E-state index contributed by atoms with van der Waals surface area (Å²) in [6.45, 7) is 14.6. The smallest absolute Gasteiger partial charge is 0.167 e. The number of hydrogen-bond donors (Lipinski definition) is 0. The van der Waals surface area contributed by atoms with Gasteiger partial charge in [-0.15, -0.1) is 0 Å². The molecule has 0 N–H and O–H groups in total. The zero-order valence-corrected chi connectivity index (χ0v) is 16.4. The monoisotopic (exact) mass is 332 g/mol. The van der Waals surface area contributed by atoms with E-state index in [-0.39, 0.29) is 11.2 Å². The minimum atomic E-state index is -1.74. The van der Waals surface area contributed by atoms with E-state index in [1.54, 1.807) is 0 Å². The molecule has 0 aromatic heterocycles. The molecule has 0 unspecified atom stereocenters. The molecule has 1 aromatic carbocycles. The molecule has 0 radical (unpaired) electrons. The highest BCUT2D eigenvalue weighted by atomic mass is 31.2. The molecule has 1 aromatic rings. The standard InChI is InChI=1S/C20H29O2P/c1-9-15-11-13(2)10-14(3)17(15)18-16(21)12-20(4,5)19(18)22-23(6,7)8/h10-11H,6,9,12H2,1-5,7-8H3. The average Bonchev–Trinajstić information content (AvgIpc) is 2.57. The lowest BCUT2D eigenvalue weighted by Crippen LogP contribution is -2.12. The molecule has 0 saturated carbocycles. The molecule has 0 atom stereocenters. The van der Waals surface area contributed by atoms with Gasteiger partial charge in [0.25, 0.3) is 0 Å². The second-order valence-electron chi connectivity index (χ2n) is 7.82. The fourth-order valence-corrected chi connectivity index (χ4v) is 4.23. The number of ketones is 1. The van der Waals surface area contributed by atoms with Gasteiger partial charge in [0.15, 0.2) is 5.78 Å². The lowest BCUT2D eigenvalue weighted by molar-refractivity contribution is -0.114. The summed E-state index contributed by atoms with van der Waals surface area (Å²) in [7, 11) is -1.74. The van der Waals surface area contributed by atoms with Crippen molar-refractivity contribution in [3.05, 3.63) is 40.1 Å². The highest BCUT2D eigenvalue weighted by Gasteiger charge is 2.42. The van der Waals surface area contributed by atoms with Crippen molar-refractivity contribution in [2.45, 2.75) is 47.5 Å². The predicted octanol–water partition coefficient (Wildman–Crippen LogP) is 5.22. The summed E-state index contributed by atoms with van der Waals surface area (Å²) < 4.78 is 6.29. The van der Waals surface area contributed by atoms with Crippen LogP contribution in [0.1, 0.15) is 49.4 Å². The zero-order chi connectivity index (χ0) is 17.6. The molecule has 0 amide bonds. The first-order valence-corrected chi connectivity index (χ1v) is 11.0. The van der Waals surface area contributed by atoms with Crippen LogP contribution in [-0.4, -0.2) is 25.4 Å². The summed E-state index contributed by atoms with van der Waals surface area (Å²) >= 11 is 0. The summed E-state index contributed by atoms with van der Waals surface area (Å²) in [4.78, 5) is 12.8. The number of Topliss-reactive ketones (excluding diaryl/α,β-unsaturated/α-hetero) is 1. The molecule has 126 valence electrons. The number of carbonyl (C=O) groups is 1. The average molecular weight is 332 g/mol. The number of hydrogen-bond acceptors (Lipinski definition) is 2. The largest absolute Gasteiger partial charge is 0.481 e. The van der Waals surface area contributed by atoms with Crippen LogP contribution in [0.5, 0.6) is 0 Å². The molecule has 3 heteroatoms. The predicted molar refractivity (Wildman–Crippen MR) is 103 cm³/mol. The van der Waals surface area contributed by atoms with Gasteiger partial charge >= 0.3 is 0 Å². The molecule has 1 aliphatic rings. The van der Waals surface area contributed by atoms with Gasteiger partial charge in [0.1, 0.15) is 5.76 Å². The summed E-state index contributed by atoms with van der Waals surface area (Å²) in [5, 5.41) is 0. The van der Waals surface area contributed by atoms with Crippen LogP contribution in [0.25, 0.3) is 5.57 Å². The second-order valence-corrected chi connectivity index (χ2v) is 11.2. The van der Waals surface area contributed by atoms with Crippen LogP contribution in [0, 0.1) is 19.3 Å². The molecular formula is C20H29O2P. The van der Waals surface area contributed by atoms with Crippen molar-refractivity contribution in [1.82, 2.24) is 0 Å². The first-order valence-electron chi connectivity index (χ1n) is 8.22. The van der Waals surface area contributed by atoms with Crippen molar-refractivity contribution >= 4 is 24.8 Å². The maximum atomic E-state index is 12.8. The Hall–Kier alpha value is -1.27. The van der Waals surface area contributed by atoms with Crippen LogP contribution < -0.4 is 0 Å². The molecule has 0 bridgehead atoms. The Labute approximate surface area is 141 Å². The van der Waals surface area contributed by atoms with Crippen molar-refractivity contribution in [2.75, 3.05) is 13.3 Å². The third-order valence-corrected chi connectivity index (χ3v) is 4.93. The highest BCUT2D eigenvalue weighted by molar-refractivity contribution is 7.67. The Balaban J connectivity index is 2.78. The van der Waals surface area contributed by atoms with Crippen molar-refractivity contribution < 1.29 is 9.32 Å². The summed E-state index contributed by atoms with van der Waals surface area (Å²) in [6, 6.07) is 4.35. The Morgan fingerprint density at radius 3 is 2.39 bits per heavy atom. The van der Waals surface area contributed by atoms with Gasteiger partial charge in [-0.2, -0.15) is 0 Å². The molecule has 0 fully saturated rings. The minimum Gasteiger partial charge on any atom is -0.481 e.